The highest BCUT2D eigenvalue weighted by Crippen LogP contribution is 2.36. The lowest BCUT2D eigenvalue weighted by Crippen LogP contribution is -2.13. The van der Waals surface area contributed by atoms with Crippen molar-refractivity contribution in [2.45, 2.75) is 26.1 Å². The number of fused-ring (bicyclic) bond motifs is 2. The van der Waals surface area contributed by atoms with E-state index in [2.05, 4.69) is 25.6 Å². The summed E-state index contributed by atoms with van der Waals surface area (Å²) in [5, 5.41) is 9.41. The van der Waals surface area contributed by atoms with Gasteiger partial charge in [0.2, 0.25) is 0 Å². The molecule has 0 radical (unpaired) electrons. The molecule has 0 saturated carbocycles. The summed E-state index contributed by atoms with van der Waals surface area (Å²) in [7, 11) is 3.18. The van der Waals surface area contributed by atoms with Crippen LogP contribution in [0.15, 0.2) is 78.6 Å². The smallest absolute Gasteiger partial charge is 0.416 e. The summed E-state index contributed by atoms with van der Waals surface area (Å²) in [6.45, 7) is 2.27. The summed E-state index contributed by atoms with van der Waals surface area (Å²) in [4.78, 5) is 26.9. The molecule has 1 amide bonds. The van der Waals surface area contributed by atoms with Gasteiger partial charge in [0.1, 0.15) is 23.6 Å². The molecule has 6 aromatic rings. The Morgan fingerprint density at radius 1 is 0.935 bits per heavy atom. The Balaban J connectivity index is 1.28. The molecule has 12 heteroatoms. The fraction of sp³-hybridized carbons (Fsp3) is 0.176. The molecule has 3 heterocycles. The van der Waals surface area contributed by atoms with Gasteiger partial charge in [0.15, 0.2) is 0 Å². The number of nitrogens with one attached hydrogen (secondary N) is 2. The van der Waals surface area contributed by atoms with E-state index in [1.165, 1.54) is 29.8 Å². The van der Waals surface area contributed by atoms with Crippen LogP contribution in [0.25, 0.3) is 21.0 Å². The Hall–Kier alpha value is -5.23. The first-order valence-corrected chi connectivity index (χ1v) is 15.1. The van der Waals surface area contributed by atoms with E-state index in [-0.39, 0.29) is 17.9 Å². The van der Waals surface area contributed by atoms with Crippen molar-refractivity contribution in [1.29, 1.82) is 0 Å². The quantitative estimate of drug-likeness (QED) is 0.165. The lowest BCUT2D eigenvalue weighted by atomic mass is 9.97. The SMILES string of the molecule is COc1ccc(CNc2ncnc3c(C(=O)Nc4c(C)ccc5c(Cc6ccccc6C(F)(F)F)nccc45)csc23)c(OC)c1. The van der Waals surface area contributed by atoms with Crippen LogP contribution in [0.2, 0.25) is 0 Å². The van der Waals surface area contributed by atoms with Crippen molar-refractivity contribution in [2.75, 3.05) is 24.9 Å². The number of rotatable bonds is 9. The third kappa shape index (κ3) is 6.03. The molecule has 3 aromatic carbocycles. The van der Waals surface area contributed by atoms with E-state index in [9.17, 15) is 18.0 Å². The number of alkyl halides is 3. The molecule has 0 spiro atoms. The number of hydrogen-bond donors (Lipinski definition) is 2. The lowest BCUT2D eigenvalue weighted by molar-refractivity contribution is -0.138. The van der Waals surface area contributed by atoms with Crippen LogP contribution in [0.4, 0.5) is 24.7 Å². The highest BCUT2D eigenvalue weighted by Gasteiger charge is 2.33. The summed E-state index contributed by atoms with van der Waals surface area (Å²) in [6.07, 6.45) is -1.55. The summed E-state index contributed by atoms with van der Waals surface area (Å²) >= 11 is 1.34. The standard InChI is InChI=1S/C34H28F3N5O3S/c1-19-8-11-23-24(12-13-38-27(23)14-20-6-4-5-7-26(20)34(35,36)37)29(19)42-33(43)25-17-46-31-30(25)40-18-41-32(31)39-16-21-9-10-22(44-2)15-28(21)45-3/h4-13,15,17-18H,14,16H2,1-3H3,(H,42,43)(H,39,40,41). The van der Waals surface area contributed by atoms with E-state index < -0.39 is 11.7 Å². The Bertz CT molecular complexity index is 2080. The number of aromatic nitrogens is 3. The summed E-state index contributed by atoms with van der Waals surface area (Å²) in [5.41, 5.74) is 3.00. The number of anilines is 2. The van der Waals surface area contributed by atoms with Gasteiger partial charge in [-0.25, -0.2) is 9.97 Å². The van der Waals surface area contributed by atoms with Crippen LogP contribution >= 0.6 is 11.3 Å². The van der Waals surface area contributed by atoms with Gasteiger partial charge >= 0.3 is 6.18 Å². The van der Waals surface area contributed by atoms with Crippen molar-refractivity contribution in [3.63, 3.8) is 0 Å². The summed E-state index contributed by atoms with van der Waals surface area (Å²) < 4.78 is 52.5. The fourth-order valence-electron chi connectivity index (χ4n) is 5.36. The van der Waals surface area contributed by atoms with Gasteiger partial charge in [-0.15, -0.1) is 11.3 Å². The van der Waals surface area contributed by atoms with E-state index >= 15 is 0 Å². The Morgan fingerprint density at radius 3 is 2.54 bits per heavy atom. The number of amides is 1. The predicted molar refractivity (Wildman–Crippen MR) is 173 cm³/mol. The van der Waals surface area contributed by atoms with Crippen LogP contribution in [0.5, 0.6) is 11.5 Å². The van der Waals surface area contributed by atoms with Crippen molar-refractivity contribution in [3.05, 3.63) is 112 Å². The van der Waals surface area contributed by atoms with Gasteiger partial charge in [0, 0.05) is 46.9 Å². The molecule has 46 heavy (non-hydrogen) atoms. The first-order valence-electron chi connectivity index (χ1n) is 14.2. The molecule has 0 bridgehead atoms. The second-order valence-corrected chi connectivity index (χ2v) is 11.4. The minimum atomic E-state index is -4.48. The van der Waals surface area contributed by atoms with Crippen LogP contribution in [0, 0.1) is 6.92 Å². The molecule has 234 valence electrons. The maximum absolute atomic E-state index is 13.7. The number of carbonyl (C=O) groups excluding carboxylic acids is 1. The van der Waals surface area contributed by atoms with Crippen LogP contribution < -0.4 is 20.1 Å². The van der Waals surface area contributed by atoms with Crippen LogP contribution in [0.1, 0.15) is 38.3 Å². The van der Waals surface area contributed by atoms with Gasteiger partial charge in [-0.05, 0) is 42.3 Å². The maximum Gasteiger partial charge on any atom is 0.416 e. The van der Waals surface area contributed by atoms with Crippen molar-refractivity contribution < 1.29 is 27.4 Å². The number of ether oxygens (including phenoxy) is 2. The molecule has 0 aliphatic carbocycles. The second kappa shape index (κ2) is 12.6. The number of halogens is 3. The van der Waals surface area contributed by atoms with Gasteiger partial charge in [0.05, 0.1) is 46.9 Å². The molecule has 2 N–H and O–H groups in total. The van der Waals surface area contributed by atoms with Gasteiger partial charge in [0.25, 0.3) is 5.91 Å². The van der Waals surface area contributed by atoms with Gasteiger partial charge < -0.3 is 20.1 Å². The number of thiophene rings is 1. The van der Waals surface area contributed by atoms with E-state index in [0.29, 0.717) is 61.8 Å². The fourth-order valence-corrected chi connectivity index (χ4v) is 6.32. The molecule has 0 fully saturated rings. The van der Waals surface area contributed by atoms with Crippen molar-refractivity contribution in [1.82, 2.24) is 15.0 Å². The Labute approximate surface area is 266 Å². The average molecular weight is 644 g/mol. The van der Waals surface area contributed by atoms with Crippen LogP contribution in [0.3, 0.4) is 0 Å². The third-order valence-corrected chi connectivity index (χ3v) is 8.67. The number of pyridine rings is 1. The third-order valence-electron chi connectivity index (χ3n) is 7.69. The van der Waals surface area contributed by atoms with Crippen molar-refractivity contribution >= 4 is 49.7 Å². The van der Waals surface area contributed by atoms with Gasteiger partial charge in [-0.3, -0.25) is 9.78 Å². The zero-order valence-electron chi connectivity index (χ0n) is 25.0. The molecular formula is C34H28F3N5O3S. The predicted octanol–water partition coefficient (Wildman–Crippen LogP) is 8.04. The van der Waals surface area contributed by atoms with Gasteiger partial charge in [-0.1, -0.05) is 30.3 Å². The molecule has 0 saturated heterocycles. The largest absolute Gasteiger partial charge is 0.497 e. The normalized spacial score (nSPS) is 11.5. The molecule has 8 nitrogen and oxygen atoms in total. The number of carbonyl (C=O) groups is 1. The summed E-state index contributed by atoms with van der Waals surface area (Å²) in [5.74, 6) is 1.55. The molecule has 0 aliphatic heterocycles. The minimum absolute atomic E-state index is 0.0201. The van der Waals surface area contributed by atoms with Crippen LogP contribution in [-0.4, -0.2) is 35.1 Å². The van der Waals surface area contributed by atoms with Crippen LogP contribution in [-0.2, 0) is 19.1 Å². The summed E-state index contributed by atoms with van der Waals surface area (Å²) in [6, 6.07) is 16.4. The van der Waals surface area contributed by atoms with E-state index in [1.807, 2.05) is 31.2 Å². The van der Waals surface area contributed by atoms with Crippen molar-refractivity contribution in [2.24, 2.45) is 0 Å². The molecule has 0 unspecified atom stereocenters. The number of benzene rings is 3. The minimum Gasteiger partial charge on any atom is -0.497 e. The number of nitrogens with zero attached hydrogens (tertiary/aromatic N) is 3. The zero-order chi connectivity index (χ0) is 32.4. The highest BCUT2D eigenvalue weighted by atomic mass is 32.1. The Kier molecular flexibility index (Phi) is 8.46. The molecule has 0 atom stereocenters. The molecule has 6 rings (SSSR count). The monoisotopic (exact) mass is 643 g/mol. The molecular weight excluding hydrogens is 615 g/mol. The van der Waals surface area contributed by atoms with Gasteiger partial charge in [-0.2, -0.15) is 13.2 Å². The lowest BCUT2D eigenvalue weighted by Gasteiger charge is -2.16. The number of hydrogen-bond acceptors (Lipinski definition) is 8. The van der Waals surface area contributed by atoms with E-state index in [0.717, 1.165) is 17.2 Å². The zero-order valence-corrected chi connectivity index (χ0v) is 25.8. The first-order chi connectivity index (χ1) is 22.2. The van der Waals surface area contributed by atoms with E-state index in [1.54, 1.807) is 44.0 Å². The first kappa shape index (κ1) is 30.8. The topological polar surface area (TPSA) is 98.3 Å². The molecule has 3 aromatic heterocycles. The van der Waals surface area contributed by atoms with Crippen molar-refractivity contribution in [3.8, 4) is 11.5 Å². The highest BCUT2D eigenvalue weighted by molar-refractivity contribution is 7.18. The number of aryl methyl sites for hydroxylation is 1. The second-order valence-electron chi connectivity index (χ2n) is 10.5. The number of methoxy groups -OCH3 is 2. The average Bonchev–Trinajstić information content (AvgIpc) is 3.50. The van der Waals surface area contributed by atoms with E-state index in [4.69, 9.17) is 9.47 Å². The Morgan fingerprint density at radius 2 is 1.76 bits per heavy atom. The maximum atomic E-state index is 13.7. The molecule has 0 aliphatic rings.